The number of morpholine rings is 1. The molecule has 1 heterocycles. The van der Waals surface area contributed by atoms with E-state index in [1.54, 1.807) is 0 Å². The SMILES string of the molecule is CC[C@H](C(=O)NCc1ccccc1CN1CCOCC1)c1ccccc1. The molecule has 1 aliphatic heterocycles. The normalized spacial score (nSPS) is 16.2. The van der Waals surface area contributed by atoms with E-state index in [4.69, 9.17) is 4.74 Å². The number of carbonyl (C=O) groups excluding carboxylic acids is 1. The van der Waals surface area contributed by atoms with Crippen molar-refractivity contribution < 1.29 is 9.53 Å². The van der Waals surface area contributed by atoms with Crippen molar-refractivity contribution in [3.8, 4) is 0 Å². The lowest BCUT2D eigenvalue weighted by Crippen LogP contribution is -2.36. The third kappa shape index (κ3) is 4.93. The van der Waals surface area contributed by atoms with Crippen LogP contribution in [0.1, 0.15) is 36.0 Å². The van der Waals surface area contributed by atoms with Crippen molar-refractivity contribution in [3.05, 3.63) is 71.3 Å². The molecule has 0 bridgehead atoms. The van der Waals surface area contributed by atoms with E-state index in [-0.39, 0.29) is 11.8 Å². The Morgan fingerprint density at radius 2 is 1.69 bits per heavy atom. The van der Waals surface area contributed by atoms with Crippen molar-refractivity contribution in [1.82, 2.24) is 10.2 Å². The first-order chi connectivity index (χ1) is 12.8. The standard InChI is InChI=1S/C22H28N2O2/c1-2-21(18-8-4-3-5-9-18)22(25)23-16-19-10-6-7-11-20(19)17-24-12-14-26-15-13-24/h3-11,21H,2,12-17H2,1H3,(H,23,25)/t21-/m0/s1. The van der Waals surface area contributed by atoms with Crippen LogP contribution in [0.2, 0.25) is 0 Å². The topological polar surface area (TPSA) is 41.6 Å². The smallest absolute Gasteiger partial charge is 0.227 e. The summed E-state index contributed by atoms with van der Waals surface area (Å²) in [5, 5.41) is 3.14. The summed E-state index contributed by atoms with van der Waals surface area (Å²) in [6, 6.07) is 18.4. The molecule has 1 N–H and O–H groups in total. The zero-order chi connectivity index (χ0) is 18.2. The number of benzene rings is 2. The molecule has 2 aromatic carbocycles. The van der Waals surface area contributed by atoms with Crippen molar-refractivity contribution in [2.75, 3.05) is 26.3 Å². The molecule has 26 heavy (non-hydrogen) atoms. The number of hydrogen-bond donors (Lipinski definition) is 1. The van der Waals surface area contributed by atoms with Crippen molar-refractivity contribution in [2.45, 2.75) is 32.4 Å². The predicted molar refractivity (Wildman–Crippen MR) is 104 cm³/mol. The Morgan fingerprint density at radius 1 is 1.04 bits per heavy atom. The van der Waals surface area contributed by atoms with Gasteiger partial charge in [0.2, 0.25) is 5.91 Å². The van der Waals surface area contributed by atoms with Gasteiger partial charge in [-0.05, 0) is 23.1 Å². The largest absolute Gasteiger partial charge is 0.379 e. The summed E-state index contributed by atoms with van der Waals surface area (Å²) >= 11 is 0. The van der Waals surface area contributed by atoms with Gasteiger partial charge in [-0.1, -0.05) is 61.5 Å². The second-order valence-corrected chi connectivity index (χ2v) is 6.75. The second-order valence-electron chi connectivity index (χ2n) is 6.75. The minimum Gasteiger partial charge on any atom is -0.379 e. The Morgan fingerprint density at radius 3 is 2.38 bits per heavy atom. The summed E-state index contributed by atoms with van der Waals surface area (Å²) in [6.07, 6.45) is 0.797. The van der Waals surface area contributed by atoms with Crippen LogP contribution < -0.4 is 5.32 Å². The summed E-state index contributed by atoms with van der Waals surface area (Å²) in [7, 11) is 0. The number of amides is 1. The van der Waals surface area contributed by atoms with E-state index in [1.165, 1.54) is 11.1 Å². The summed E-state index contributed by atoms with van der Waals surface area (Å²) in [6.45, 7) is 7.07. The van der Waals surface area contributed by atoms with Gasteiger partial charge in [-0.25, -0.2) is 0 Å². The molecule has 4 nitrogen and oxygen atoms in total. The lowest BCUT2D eigenvalue weighted by molar-refractivity contribution is -0.122. The van der Waals surface area contributed by atoms with E-state index in [2.05, 4.69) is 35.3 Å². The van der Waals surface area contributed by atoms with Crippen molar-refractivity contribution in [2.24, 2.45) is 0 Å². The summed E-state index contributed by atoms with van der Waals surface area (Å²) in [5.41, 5.74) is 3.55. The van der Waals surface area contributed by atoms with Crippen LogP contribution in [0.15, 0.2) is 54.6 Å². The number of ether oxygens (including phenoxy) is 1. The number of carbonyl (C=O) groups is 1. The number of hydrogen-bond acceptors (Lipinski definition) is 3. The Balaban J connectivity index is 1.62. The van der Waals surface area contributed by atoms with Crippen LogP contribution in [0.5, 0.6) is 0 Å². The highest BCUT2D eigenvalue weighted by Gasteiger charge is 2.19. The van der Waals surface area contributed by atoms with Crippen LogP contribution in [0.3, 0.4) is 0 Å². The third-order valence-corrected chi connectivity index (χ3v) is 5.00. The van der Waals surface area contributed by atoms with Gasteiger partial charge in [-0.3, -0.25) is 9.69 Å². The van der Waals surface area contributed by atoms with E-state index in [0.29, 0.717) is 6.54 Å². The van der Waals surface area contributed by atoms with Crippen molar-refractivity contribution >= 4 is 5.91 Å². The predicted octanol–water partition coefficient (Wildman–Crippen LogP) is 3.33. The zero-order valence-corrected chi connectivity index (χ0v) is 15.5. The van der Waals surface area contributed by atoms with Crippen molar-refractivity contribution in [3.63, 3.8) is 0 Å². The van der Waals surface area contributed by atoms with Gasteiger partial charge in [0.15, 0.2) is 0 Å². The average molecular weight is 352 g/mol. The first-order valence-electron chi connectivity index (χ1n) is 9.47. The van der Waals surface area contributed by atoms with Crippen molar-refractivity contribution in [1.29, 1.82) is 0 Å². The first kappa shape index (κ1) is 18.6. The minimum absolute atomic E-state index is 0.0948. The summed E-state index contributed by atoms with van der Waals surface area (Å²) < 4.78 is 5.43. The van der Waals surface area contributed by atoms with Crippen LogP contribution >= 0.6 is 0 Å². The van der Waals surface area contributed by atoms with E-state index in [0.717, 1.165) is 44.8 Å². The monoisotopic (exact) mass is 352 g/mol. The van der Waals surface area contributed by atoms with Crippen LogP contribution in [-0.4, -0.2) is 37.1 Å². The maximum absolute atomic E-state index is 12.7. The molecule has 1 aliphatic rings. The number of rotatable bonds is 7. The molecule has 138 valence electrons. The average Bonchev–Trinajstić information content (AvgIpc) is 2.69. The molecule has 1 saturated heterocycles. The Bertz CT molecular complexity index is 696. The van der Waals surface area contributed by atoms with Gasteiger partial charge in [-0.2, -0.15) is 0 Å². The van der Waals surface area contributed by atoms with Crippen LogP contribution in [0.4, 0.5) is 0 Å². The first-order valence-corrected chi connectivity index (χ1v) is 9.47. The highest BCUT2D eigenvalue weighted by molar-refractivity contribution is 5.83. The summed E-state index contributed by atoms with van der Waals surface area (Å²) in [5.74, 6) is 0.00230. The number of nitrogens with one attached hydrogen (secondary N) is 1. The molecular formula is C22H28N2O2. The molecule has 1 amide bonds. The van der Waals surface area contributed by atoms with Gasteiger partial charge in [0.25, 0.3) is 0 Å². The lowest BCUT2D eigenvalue weighted by Gasteiger charge is -2.27. The molecule has 0 aliphatic carbocycles. The summed E-state index contributed by atoms with van der Waals surface area (Å²) in [4.78, 5) is 15.1. The highest BCUT2D eigenvalue weighted by atomic mass is 16.5. The maximum Gasteiger partial charge on any atom is 0.227 e. The Hall–Kier alpha value is -2.17. The molecule has 0 spiro atoms. The van der Waals surface area contributed by atoms with Crippen LogP contribution in [-0.2, 0) is 22.6 Å². The molecule has 0 radical (unpaired) electrons. The molecule has 4 heteroatoms. The molecule has 0 unspecified atom stereocenters. The molecular weight excluding hydrogens is 324 g/mol. The zero-order valence-electron chi connectivity index (χ0n) is 15.5. The molecule has 2 aromatic rings. The molecule has 0 aromatic heterocycles. The van der Waals surface area contributed by atoms with Gasteiger partial charge in [0, 0.05) is 26.2 Å². The third-order valence-electron chi connectivity index (χ3n) is 5.00. The van der Waals surface area contributed by atoms with Gasteiger partial charge in [0.1, 0.15) is 0 Å². The maximum atomic E-state index is 12.7. The van der Waals surface area contributed by atoms with Crippen LogP contribution in [0.25, 0.3) is 0 Å². The fourth-order valence-corrected chi connectivity index (χ4v) is 3.45. The molecule has 1 atom stereocenters. The molecule has 0 saturated carbocycles. The van der Waals surface area contributed by atoms with E-state index >= 15 is 0 Å². The lowest BCUT2D eigenvalue weighted by atomic mass is 9.95. The van der Waals surface area contributed by atoms with E-state index < -0.39 is 0 Å². The highest BCUT2D eigenvalue weighted by Crippen LogP contribution is 2.20. The van der Waals surface area contributed by atoms with Gasteiger partial charge in [0.05, 0.1) is 19.1 Å². The quantitative estimate of drug-likeness (QED) is 0.831. The molecule has 3 rings (SSSR count). The minimum atomic E-state index is -0.0948. The Kier molecular flexibility index (Phi) is 6.81. The Labute approximate surface area is 156 Å². The van der Waals surface area contributed by atoms with Gasteiger partial charge in [-0.15, -0.1) is 0 Å². The van der Waals surface area contributed by atoms with Gasteiger partial charge >= 0.3 is 0 Å². The molecule has 1 fully saturated rings. The number of nitrogens with zero attached hydrogens (tertiary/aromatic N) is 1. The fourth-order valence-electron chi connectivity index (χ4n) is 3.45. The fraction of sp³-hybridized carbons (Fsp3) is 0.409. The van der Waals surface area contributed by atoms with Crippen LogP contribution in [0, 0.1) is 0 Å². The second kappa shape index (κ2) is 9.51. The van der Waals surface area contributed by atoms with Gasteiger partial charge < -0.3 is 10.1 Å². The van der Waals surface area contributed by atoms with E-state index in [9.17, 15) is 4.79 Å². The van der Waals surface area contributed by atoms with E-state index in [1.807, 2.05) is 36.4 Å².